The van der Waals surface area contributed by atoms with Crippen molar-refractivity contribution in [3.8, 4) is 0 Å². The number of carbonyl (C=O) groups is 2. The highest BCUT2D eigenvalue weighted by molar-refractivity contribution is 7.78. The molecule has 1 saturated heterocycles. The molecule has 1 aromatic heterocycles. The van der Waals surface area contributed by atoms with Gasteiger partial charge in [0.15, 0.2) is 5.76 Å². The smallest absolute Gasteiger partial charge is 0.289 e. The van der Waals surface area contributed by atoms with E-state index >= 15 is 0 Å². The maximum atomic E-state index is 12.0. The second-order valence-electron chi connectivity index (χ2n) is 3.99. The average molecular weight is 267 g/mol. The molecule has 1 aromatic rings. The second kappa shape index (κ2) is 5.18. The van der Waals surface area contributed by atoms with E-state index in [1.165, 1.54) is 11.8 Å². The summed E-state index contributed by atoms with van der Waals surface area (Å²) in [5.41, 5.74) is 6.71. The van der Waals surface area contributed by atoms with E-state index in [-0.39, 0.29) is 18.2 Å². The summed E-state index contributed by atoms with van der Waals surface area (Å²) in [6.45, 7) is 1.20. The number of hydrogen-bond acceptors (Lipinski definition) is 4. The van der Waals surface area contributed by atoms with Crippen LogP contribution in [0.3, 0.4) is 0 Å². The number of carbonyl (C=O) groups excluding carboxylic acids is 2. The summed E-state index contributed by atoms with van der Waals surface area (Å²) in [6.07, 6.45) is 1.44. The Morgan fingerprint density at radius 1 is 1.50 bits per heavy atom. The van der Waals surface area contributed by atoms with Crippen molar-refractivity contribution in [2.45, 2.75) is 6.04 Å². The van der Waals surface area contributed by atoms with Crippen molar-refractivity contribution in [2.24, 2.45) is 5.73 Å². The molecule has 2 rings (SSSR count). The van der Waals surface area contributed by atoms with E-state index in [0.29, 0.717) is 13.1 Å². The second-order valence-corrected chi connectivity index (χ2v) is 4.20. The molecule has 1 aliphatic heterocycles. The maximum absolute atomic E-state index is 12.0. The lowest BCUT2D eigenvalue weighted by atomic mass is 10.1. The highest BCUT2D eigenvalue weighted by atomic mass is 32.1. The van der Waals surface area contributed by atoms with Crippen LogP contribution in [0.25, 0.3) is 0 Å². The largest absolute Gasteiger partial charge is 0.459 e. The van der Waals surface area contributed by atoms with E-state index in [1.54, 1.807) is 21.9 Å². The van der Waals surface area contributed by atoms with Crippen molar-refractivity contribution in [2.75, 3.05) is 19.6 Å². The molecule has 7 heteroatoms. The van der Waals surface area contributed by atoms with Crippen LogP contribution >= 0.6 is 12.2 Å². The lowest BCUT2D eigenvalue weighted by molar-refractivity contribution is -0.123. The van der Waals surface area contributed by atoms with Gasteiger partial charge in [-0.2, -0.15) is 0 Å². The van der Waals surface area contributed by atoms with Crippen molar-refractivity contribution in [1.82, 2.24) is 9.80 Å². The Kier molecular flexibility index (Phi) is 3.61. The molecule has 2 amide bonds. The van der Waals surface area contributed by atoms with Crippen LogP contribution in [0.5, 0.6) is 0 Å². The normalized spacial score (nSPS) is 19.7. The predicted molar refractivity (Wildman–Crippen MR) is 68.0 cm³/mol. The third kappa shape index (κ3) is 2.35. The molecule has 0 aliphatic carbocycles. The fraction of sp³-hybridized carbons (Fsp3) is 0.364. The van der Waals surface area contributed by atoms with Gasteiger partial charge in [0.05, 0.1) is 18.3 Å². The number of nitrogens with zero attached hydrogens (tertiary/aromatic N) is 2. The third-order valence-corrected chi connectivity index (χ3v) is 3.18. The van der Waals surface area contributed by atoms with Gasteiger partial charge in [-0.25, -0.2) is 0 Å². The molecule has 1 aliphatic rings. The van der Waals surface area contributed by atoms with Crippen molar-refractivity contribution in [1.29, 1.82) is 0 Å². The summed E-state index contributed by atoms with van der Waals surface area (Å²) in [4.78, 5) is 26.6. The van der Waals surface area contributed by atoms with Crippen LogP contribution in [0, 0.1) is 0 Å². The molecule has 0 radical (unpaired) electrons. The van der Waals surface area contributed by atoms with Crippen molar-refractivity contribution < 1.29 is 14.0 Å². The number of thiocarbonyl (C=S) groups is 1. The Morgan fingerprint density at radius 2 is 2.28 bits per heavy atom. The predicted octanol–water partition coefficient (Wildman–Crippen LogP) is -0.152. The molecule has 1 unspecified atom stereocenters. The molecular formula is C11H13N3O3S. The number of rotatable bonds is 3. The van der Waals surface area contributed by atoms with Crippen molar-refractivity contribution in [3.63, 3.8) is 0 Å². The number of furan rings is 1. The number of primary amides is 1. The first-order valence-corrected chi connectivity index (χ1v) is 5.93. The fourth-order valence-electron chi connectivity index (χ4n) is 1.92. The molecule has 0 bridgehead atoms. The van der Waals surface area contributed by atoms with Gasteiger partial charge in [-0.05, 0) is 12.1 Å². The summed E-state index contributed by atoms with van der Waals surface area (Å²) in [5, 5.41) is 0. The van der Waals surface area contributed by atoms with E-state index in [2.05, 4.69) is 0 Å². The van der Waals surface area contributed by atoms with Crippen LogP contribution < -0.4 is 5.73 Å². The van der Waals surface area contributed by atoms with Gasteiger partial charge in [-0.15, -0.1) is 0 Å². The molecule has 2 heterocycles. The summed E-state index contributed by atoms with van der Waals surface area (Å²) < 4.78 is 5.05. The topological polar surface area (TPSA) is 79.8 Å². The zero-order chi connectivity index (χ0) is 13.1. The minimum absolute atomic E-state index is 0.224. The van der Waals surface area contributed by atoms with Gasteiger partial charge < -0.3 is 20.0 Å². The summed E-state index contributed by atoms with van der Waals surface area (Å²) in [7, 11) is 0. The minimum Gasteiger partial charge on any atom is -0.459 e. The van der Waals surface area contributed by atoms with Gasteiger partial charge in [0, 0.05) is 13.1 Å². The van der Waals surface area contributed by atoms with Crippen LogP contribution in [-0.2, 0) is 4.79 Å². The van der Waals surface area contributed by atoms with Crippen LogP contribution in [0.15, 0.2) is 22.8 Å². The summed E-state index contributed by atoms with van der Waals surface area (Å²) in [6, 6.07) is 2.66. The first-order valence-electron chi connectivity index (χ1n) is 5.46. The van der Waals surface area contributed by atoms with E-state index in [4.69, 9.17) is 22.4 Å². The molecule has 0 spiro atoms. The fourth-order valence-corrected chi connectivity index (χ4v) is 2.17. The Morgan fingerprint density at radius 3 is 2.83 bits per heavy atom. The van der Waals surface area contributed by atoms with Gasteiger partial charge in [-0.1, -0.05) is 12.2 Å². The van der Waals surface area contributed by atoms with Crippen LogP contribution in [0.1, 0.15) is 10.6 Å². The van der Waals surface area contributed by atoms with Gasteiger partial charge in [0.2, 0.25) is 5.91 Å². The molecule has 1 atom stereocenters. The summed E-state index contributed by atoms with van der Waals surface area (Å²) >= 11 is 4.82. The SMILES string of the molecule is NC(=O)C1CN(C(=O)c2ccco2)CCN1C=S. The van der Waals surface area contributed by atoms with Gasteiger partial charge in [0.25, 0.3) is 5.91 Å². The zero-order valence-electron chi connectivity index (χ0n) is 9.61. The number of hydrogen-bond donors (Lipinski definition) is 1. The van der Waals surface area contributed by atoms with E-state index in [9.17, 15) is 9.59 Å². The number of nitrogens with two attached hydrogens (primary N) is 1. The lowest BCUT2D eigenvalue weighted by Gasteiger charge is -2.38. The van der Waals surface area contributed by atoms with Crippen LogP contribution in [-0.4, -0.2) is 52.8 Å². The Hall–Kier alpha value is -1.89. The molecule has 0 saturated carbocycles. The molecule has 2 N–H and O–H groups in total. The van der Waals surface area contributed by atoms with E-state index in [1.807, 2.05) is 0 Å². The molecular weight excluding hydrogens is 254 g/mol. The summed E-state index contributed by atoms with van der Waals surface area (Å²) in [5.74, 6) is -0.475. The first kappa shape index (κ1) is 12.6. The van der Waals surface area contributed by atoms with E-state index in [0.717, 1.165) is 0 Å². The zero-order valence-corrected chi connectivity index (χ0v) is 10.4. The molecule has 96 valence electrons. The van der Waals surface area contributed by atoms with Crippen LogP contribution in [0.2, 0.25) is 0 Å². The molecule has 6 nitrogen and oxygen atoms in total. The minimum atomic E-state index is -0.574. The molecule has 18 heavy (non-hydrogen) atoms. The van der Waals surface area contributed by atoms with Crippen molar-refractivity contribution in [3.05, 3.63) is 24.2 Å². The number of piperazine rings is 1. The van der Waals surface area contributed by atoms with Crippen LogP contribution in [0.4, 0.5) is 0 Å². The standard InChI is InChI=1S/C11H13N3O3S/c12-10(15)8-6-13(3-4-14(8)7-18)11(16)9-2-1-5-17-9/h1-2,5,7-8H,3-4,6H2,(H2,12,15). The quantitative estimate of drug-likeness (QED) is 0.770. The van der Waals surface area contributed by atoms with E-state index < -0.39 is 11.9 Å². The highest BCUT2D eigenvalue weighted by Gasteiger charge is 2.32. The maximum Gasteiger partial charge on any atom is 0.289 e. The Balaban J connectivity index is 2.11. The van der Waals surface area contributed by atoms with Crippen molar-refractivity contribution >= 4 is 29.5 Å². The Bertz CT molecular complexity index is 460. The van der Waals surface area contributed by atoms with Gasteiger partial charge in [-0.3, -0.25) is 9.59 Å². The van der Waals surface area contributed by atoms with Gasteiger partial charge in [0.1, 0.15) is 6.04 Å². The third-order valence-electron chi connectivity index (χ3n) is 2.90. The average Bonchev–Trinajstić information content (AvgIpc) is 2.90. The molecule has 0 aromatic carbocycles. The Labute approximate surface area is 109 Å². The first-order chi connectivity index (χ1) is 8.63. The highest BCUT2D eigenvalue weighted by Crippen LogP contribution is 2.12. The lowest BCUT2D eigenvalue weighted by Crippen LogP contribution is -2.58. The van der Waals surface area contributed by atoms with Gasteiger partial charge >= 0.3 is 0 Å². The number of amides is 2. The molecule has 1 fully saturated rings. The monoisotopic (exact) mass is 267 g/mol.